The average Bonchev–Trinajstić information content (AvgIpc) is 3.33. The monoisotopic (exact) mass is 542 g/mol. The zero-order chi connectivity index (χ0) is 27.2. The molecule has 4 heterocycles. The smallest absolute Gasteiger partial charge is 0.379 e. The van der Waals surface area contributed by atoms with E-state index in [2.05, 4.69) is 40.7 Å². The molecule has 3 aromatic rings. The molecular formula is C27H33F3N8O. The van der Waals surface area contributed by atoms with Gasteiger partial charge in [-0.2, -0.15) is 18.3 Å². The Labute approximate surface area is 225 Å². The van der Waals surface area contributed by atoms with E-state index in [1.165, 1.54) is 6.08 Å². The highest BCUT2D eigenvalue weighted by molar-refractivity contribution is 5.88. The average molecular weight is 543 g/mol. The van der Waals surface area contributed by atoms with Crippen LogP contribution in [0.5, 0.6) is 0 Å². The lowest BCUT2D eigenvalue weighted by Crippen LogP contribution is -2.40. The number of nitrogens with zero attached hydrogens (tertiary/aromatic N) is 5. The molecule has 1 aliphatic carbocycles. The molecule has 3 N–H and O–H groups in total. The number of ether oxygens (including phenoxy) is 1. The number of morpholine rings is 1. The zero-order valence-electron chi connectivity index (χ0n) is 21.9. The highest BCUT2D eigenvalue weighted by atomic mass is 19.4. The predicted octanol–water partition coefficient (Wildman–Crippen LogP) is 4.26. The normalized spacial score (nSPS) is 18.7. The minimum absolute atomic E-state index is 0.0188. The number of aromatic amines is 1. The second-order valence-corrected chi connectivity index (χ2v) is 9.88. The molecule has 1 aliphatic heterocycles. The third-order valence-electron chi connectivity index (χ3n) is 6.84. The molecule has 0 spiro atoms. The Balaban J connectivity index is 1.33. The lowest BCUT2D eigenvalue weighted by atomic mass is 9.90. The fourth-order valence-corrected chi connectivity index (χ4v) is 4.78. The van der Waals surface area contributed by atoms with Gasteiger partial charge in [0.15, 0.2) is 11.5 Å². The summed E-state index contributed by atoms with van der Waals surface area (Å²) in [5.41, 5.74) is 0.528. The number of hydrogen-bond acceptors (Lipinski definition) is 8. The van der Waals surface area contributed by atoms with E-state index in [1.54, 1.807) is 31.3 Å². The quantitative estimate of drug-likeness (QED) is 0.327. The van der Waals surface area contributed by atoms with E-state index in [1.807, 2.05) is 6.07 Å². The van der Waals surface area contributed by atoms with Crippen molar-refractivity contribution in [3.63, 3.8) is 0 Å². The second kappa shape index (κ2) is 12.2. The van der Waals surface area contributed by atoms with E-state index in [9.17, 15) is 13.2 Å². The van der Waals surface area contributed by atoms with Gasteiger partial charge in [-0.3, -0.25) is 10.00 Å². The molecule has 0 bridgehead atoms. The number of aromatic nitrogens is 5. The van der Waals surface area contributed by atoms with Gasteiger partial charge in [0.1, 0.15) is 11.6 Å². The summed E-state index contributed by atoms with van der Waals surface area (Å²) in [6, 6.07) is 5.43. The highest BCUT2D eigenvalue weighted by Crippen LogP contribution is 2.40. The van der Waals surface area contributed by atoms with E-state index >= 15 is 0 Å². The van der Waals surface area contributed by atoms with Crippen molar-refractivity contribution in [2.45, 2.75) is 32.4 Å². The Bertz CT molecular complexity index is 1330. The number of rotatable bonds is 10. The number of H-pyrrole nitrogens is 1. The Kier molecular flexibility index (Phi) is 8.53. The number of anilines is 2. The number of hydrogen-bond donors (Lipinski definition) is 3. The fourth-order valence-electron chi connectivity index (χ4n) is 4.78. The number of alkyl halides is 3. The van der Waals surface area contributed by atoms with Crippen molar-refractivity contribution in [3.8, 4) is 0 Å². The third-order valence-corrected chi connectivity index (χ3v) is 6.84. The molecule has 1 unspecified atom stereocenters. The number of halogens is 3. The van der Waals surface area contributed by atoms with E-state index in [-0.39, 0.29) is 17.3 Å². The molecular weight excluding hydrogens is 509 g/mol. The first-order chi connectivity index (χ1) is 18.9. The summed E-state index contributed by atoms with van der Waals surface area (Å²) in [7, 11) is 0. The number of fused-ring (bicyclic) bond motifs is 1. The molecule has 3 aromatic heterocycles. The van der Waals surface area contributed by atoms with Crippen molar-refractivity contribution in [3.05, 3.63) is 53.6 Å². The van der Waals surface area contributed by atoms with Gasteiger partial charge in [-0.25, -0.2) is 15.0 Å². The van der Waals surface area contributed by atoms with Gasteiger partial charge >= 0.3 is 6.18 Å². The van der Waals surface area contributed by atoms with Crippen molar-refractivity contribution < 1.29 is 17.9 Å². The Hall–Kier alpha value is -3.35. The van der Waals surface area contributed by atoms with E-state index < -0.39 is 11.7 Å². The van der Waals surface area contributed by atoms with Crippen LogP contribution in [0.2, 0.25) is 0 Å². The van der Waals surface area contributed by atoms with Gasteiger partial charge in [0.2, 0.25) is 0 Å². The maximum Gasteiger partial charge on any atom is 0.416 e. The summed E-state index contributed by atoms with van der Waals surface area (Å²) < 4.78 is 47.3. The van der Waals surface area contributed by atoms with Crippen molar-refractivity contribution in [1.82, 2.24) is 35.4 Å². The van der Waals surface area contributed by atoms with Crippen LogP contribution >= 0.6 is 0 Å². The molecule has 1 atom stereocenters. The minimum Gasteiger partial charge on any atom is -0.379 e. The molecule has 0 radical (unpaired) electrons. The highest BCUT2D eigenvalue weighted by Gasteiger charge is 2.39. The first-order valence-corrected chi connectivity index (χ1v) is 13.3. The molecule has 0 amide bonds. The van der Waals surface area contributed by atoms with E-state index in [0.29, 0.717) is 35.8 Å². The minimum atomic E-state index is -4.50. The van der Waals surface area contributed by atoms with Crippen molar-refractivity contribution in [2.24, 2.45) is 5.92 Å². The van der Waals surface area contributed by atoms with Crippen LogP contribution in [0.4, 0.5) is 24.8 Å². The van der Waals surface area contributed by atoms with Gasteiger partial charge < -0.3 is 15.4 Å². The predicted molar refractivity (Wildman–Crippen MR) is 144 cm³/mol. The molecule has 208 valence electrons. The molecule has 2 aliphatic rings. The van der Waals surface area contributed by atoms with Crippen LogP contribution in [0, 0.1) is 5.92 Å². The SMILES string of the molecule is CC1C=C(C(F)(F)F)C(c2nc(CCCNCCN3CCOCC3)cc(Nc3[nH]nc4ncccc34)n2)=CC1. The summed E-state index contributed by atoms with van der Waals surface area (Å²) in [5.74, 6) is 0.813. The van der Waals surface area contributed by atoms with Gasteiger partial charge in [0, 0.05) is 49.7 Å². The molecule has 0 aromatic carbocycles. The molecule has 1 saturated heterocycles. The van der Waals surface area contributed by atoms with Crippen molar-refractivity contribution in [2.75, 3.05) is 51.3 Å². The number of aryl methyl sites for hydroxylation is 1. The van der Waals surface area contributed by atoms with E-state index in [0.717, 1.165) is 57.7 Å². The van der Waals surface area contributed by atoms with Gasteiger partial charge in [-0.15, -0.1) is 0 Å². The van der Waals surface area contributed by atoms with Crippen LogP contribution in [0.1, 0.15) is 31.3 Å². The largest absolute Gasteiger partial charge is 0.416 e. The van der Waals surface area contributed by atoms with Gasteiger partial charge in [0.05, 0.1) is 24.2 Å². The van der Waals surface area contributed by atoms with Crippen LogP contribution in [-0.4, -0.2) is 82.2 Å². The van der Waals surface area contributed by atoms with Gasteiger partial charge in [0.25, 0.3) is 0 Å². The fraction of sp³-hybridized carbons (Fsp3) is 0.481. The molecule has 1 fully saturated rings. The maximum absolute atomic E-state index is 14.0. The standard InChI is InChI=1S/C27H33F3N8O/c1-18-6-7-20(22(16-18)27(28,29)30)25-33-19(4-2-8-31-10-11-38-12-14-39-15-13-38)17-23(34-25)35-26-21-5-3-9-32-24(21)36-37-26/h3,5,7,9,16-18,31H,2,4,6,8,10-15H2,1H3,(H2,32,33,34,35,36,37). The summed E-state index contributed by atoms with van der Waals surface area (Å²) in [6.07, 6.45) is 1.88. The lowest BCUT2D eigenvalue weighted by molar-refractivity contribution is -0.0877. The summed E-state index contributed by atoms with van der Waals surface area (Å²) in [5, 5.41) is 14.5. The van der Waals surface area contributed by atoms with Crippen molar-refractivity contribution >= 4 is 28.2 Å². The number of allylic oxidation sites excluding steroid dienone is 4. The van der Waals surface area contributed by atoms with Crippen LogP contribution < -0.4 is 10.6 Å². The third kappa shape index (κ3) is 7.00. The molecule has 12 heteroatoms. The number of nitrogens with one attached hydrogen (secondary N) is 3. The van der Waals surface area contributed by atoms with Crippen molar-refractivity contribution in [1.29, 1.82) is 0 Å². The molecule has 9 nitrogen and oxygen atoms in total. The van der Waals surface area contributed by atoms with Crippen LogP contribution in [0.15, 0.2) is 42.1 Å². The van der Waals surface area contributed by atoms with E-state index in [4.69, 9.17) is 4.74 Å². The molecule has 5 rings (SSSR count). The van der Waals surface area contributed by atoms with Crippen LogP contribution in [0.3, 0.4) is 0 Å². The summed E-state index contributed by atoms with van der Waals surface area (Å²) >= 11 is 0. The Morgan fingerprint density at radius 3 is 2.85 bits per heavy atom. The lowest BCUT2D eigenvalue weighted by Gasteiger charge is -2.26. The van der Waals surface area contributed by atoms with Gasteiger partial charge in [-0.1, -0.05) is 19.1 Å². The van der Waals surface area contributed by atoms with Crippen LogP contribution in [0.25, 0.3) is 16.6 Å². The zero-order valence-corrected chi connectivity index (χ0v) is 21.9. The summed E-state index contributed by atoms with van der Waals surface area (Å²) in [6.45, 7) is 7.83. The Morgan fingerprint density at radius 2 is 2.03 bits per heavy atom. The summed E-state index contributed by atoms with van der Waals surface area (Å²) in [4.78, 5) is 15.7. The Morgan fingerprint density at radius 1 is 1.18 bits per heavy atom. The van der Waals surface area contributed by atoms with Crippen LogP contribution in [-0.2, 0) is 11.2 Å². The maximum atomic E-state index is 14.0. The molecule has 39 heavy (non-hydrogen) atoms. The number of pyridine rings is 1. The first kappa shape index (κ1) is 27.2. The molecule has 0 saturated carbocycles. The van der Waals surface area contributed by atoms with Gasteiger partial charge in [-0.05, 0) is 43.9 Å². The topological polar surface area (TPSA) is 104 Å². The first-order valence-electron chi connectivity index (χ1n) is 13.3. The second-order valence-electron chi connectivity index (χ2n) is 9.88.